The normalized spacial score (nSPS) is 23.6. The Bertz CT molecular complexity index is 784. The molecule has 25 heavy (non-hydrogen) atoms. The first-order valence-electron chi connectivity index (χ1n) is 8.96. The van der Waals surface area contributed by atoms with Crippen molar-refractivity contribution in [2.75, 3.05) is 13.1 Å². The van der Waals surface area contributed by atoms with Crippen molar-refractivity contribution in [3.05, 3.63) is 33.1 Å². The van der Waals surface area contributed by atoms with Gasteiger partial charge < -0.3 is 9.84 Å². The third-order valence-corrected chi connectivity index (χ3v) is 6.36. The van der Waals surface area contributed by atoms with Gasteiger partial charge in [0.05, 0.1) is 0 Å². The van der Waals surface area contributed by atoms with Gasteiger partial charge in [0.25, 0.3) is 0 Å². The van der Waals surface area contributed by atoms with Gasteiger partial charge in [0.1, 0.15) is 22.0 Å². The Morgan fingerprint density at radius 1 is 1.44 bits per heavy atom. The van der Waals surface area contributed by atoms with Gasteiger partial charge in [-0.25, -0.2) is 4.98 Å². The largest absolute Gasteiger partial charge is 0.361 e. The van der Waals surface area contributed by atoms with E-state index in [2.05, 4.69) is 25.7 Å². The number of hydrogen-bond acceptors (Lipinski definition) is 6. The second-order valence-electron chi connectivity index (χ2n) is 7.26. The van der Waals surface area contributed by atoms with E-state index in [1.807, 2.05) is 6.92 Å². The zero-order chi connectivity index (χ0) is 17.4. The van der Waals surface area contributed by atoms with E-state index >= 15 is 0 Å². The van der Waals surface area contributed by atoms with Gasteiger partial charge in [-0.1, -0.05) is 5.16 Å². The van der Waals surface area contributed by atoms with Gasteiger partial charge >= 0.3 is 0 Å². The molecular formula is C18H24N4O2S. The molecule has 3 heterocycles. The number of amides is 1. The maximum absolute atomic E-state index is 11.8. The van der Waals surface area contributed by atoms with E-state index in [4.69, 9.17) is 4.52 Å². The average molecular weight is 360 g/mol. The van der Waals surface area contributed by atoms with Crippen molar-refractivity contribution in [1.82, 2.24) is 20.4 Å². The molecule has 0 spiro atoms. The molecule has 2 aliphatic rings. The number of thiazole rings is 1. The summed E-state index contributed by atoms with van der Waals surface area (Å²) in [6.07, 6.45) is 5.37. The molecule has 1 unspecified atom stereocenters. The van der Waals surface area contributed by atoms with Crippen LogP contribution in [0.5, 0.6) is 0 Å². The predicted octanol–water partition coefficient (Wildman–Crippen LogP) is 2.56. The zero-order valence-corrected chi connectivity index (χ0v) is 15.6. The number of aryl methyl sites for hydroxylation is 2. The van der Waals surface area contributed by atoms with E-state index in [1.165, 1.54) is 18.4 Å². The Morgan fingerprint density at radius 2 is 2.28 bits per heavy atom. The van der Waals surface area contributed by atoms with Crippen LogP contribution < -0.4 is 5.32 Å². The molecule has 1 aliphatic heterocycles. The SMILES string of the molecule is CC(=O)NC1(c2nc(C)cs2)CCN(Cc2noc3c2CCCC3)C1. The van der Waals surface area contributed by atoms with Gasteiger partial charge in [-0.2, -0.15) is 0 Å². The molecule has 1 fully saturated rings. The van der Waals surface area contributed by atoms with Gasteiger partial charge in [0.2, 0.25) is 5.91 Å². The predicted molar refractivity (Wildman–Crippen MR) is 95.4 cm³/mol. The number of aromatic nitrogens is 2. The lowest BCUT2D eigenvalue weighted by atomic mass is 9.96. The monoisotopic (exact) mass is 360 g/mol. The number of hydrogen-bond donors (Lipinski definition) is 1. The summed E-state index contributed by atoms with van der Waals surface area (Å²) < 4.78 is 5.55. The lowest BCUT2D eigenvalue weighted by Crippen LogP contribution is -2.47. The van der Waals surface area contributed by atoms with E-state index in [-0.39, 0.29) is 11.4 Å². The van der Waals surface area contributed by atoms with E-state index < -0.39 is 0 Å². The summed E-state index contributed by atoms with van der Waals surface area (Å²) in [5.74, 6) is 1.07. The van der Waals surface area contributed by atoms with Crippen LogP contribution in [-0.4, -0.2) is 34.0 Å². The highest BCUT2D eigenvalue weighted by atomic mass is 32.1. The highest BCUT2D eigenvalue weighted by Gasteiger charge is 2.43. The van der Waals surface area contributed by atoms with Gasteiger partial charge in [-0.3, -0.25) is 9.69 Å². The molecule has 1 saturated heterocycles. The second kappa shape index (κ2) is 6.53. The van der Waals surface area contributed by atoms with E-state index in [0.29, 0.717) is 0 Å². The fraction of sp³-hybridized carbons (Fsp3) is 0.611. The van der Waals surface area contributed by atoms with Crippen LogP contribution in [0.2, 0.25) is 0 Å². The van der Waals surface area contributed by atoms with Crippen LogP contribution in [0.25, 0.3) is 0 Å². The van der Waals surface area contributed by atoms with Crippen molar-refractivity contribution < 1.29 is 9.32 Å². The Balaban J connectivity index is 1.54. The van der Waals surface area contributed by atoms with Crippen LogP contribution >= 0.6 is 11.3 Å². The Kier molecular flexibility index (Phi) is 4.37. The van der Waals surface area contributed by atoms with Gasteiger partial charge in [-0.05, 0) is 32.6 Å². The molecular weight excluding hydrogens is 336 g/mol. The van der Waals surface area contributed by atoms with E-state index in [9.17, 15) is 4.79 Å². The van der Waals surface area contributed by atoms with Crippen molar-refractivity contribution in [3.63, 3.8) is 0 Å². The summed E-state index contributed by atoms with van der Waals surface area (Å²) >= 11 is 1.63. The Labute approximate surface area is 151 Å². The molecule has 1 atom stereocenters. The molecule has 1 aliphatic carbocycles. The fourth-order valence-electron chi connectivity index (χ4n) is 4.05. The lowest BCUT2D eigenvalue weighted by molar-refractivity contribution is -0.120. The molecule has 134 valence electrons. The van der Waals surface area contributed by atoms with Crippen LogP contribution in [0.15, 0.2) is 9.90 Å². The van der Waals surface area contributed by atoms with Gasteiger partial charge in [-0.15, -0.1) is 11.3 Å². The minimum atomic E-state index is -0.380. The highest BCUT2D eigenvalue weighted by molar-refractivity contribution is 7.09. The number of carbonyl (C=O) groups excluding carboxylic acids is 1. The highest BCUT2D eigenvalue weighted by Crippen LogP contribution is 2.35. The summed E-state index contributed by atoms with van der Waals surface area (Å²) in [7, 11) is 0. The number of carbonyl (C=O) groups is 1. The molecule has 0 radical (unpaired) electrons. The van der Waals surface area contributed by atoms with E-state index in [0.717, 1.165) is 61.1 Å². The number of fused-ring (bicyclic) bond motifs is 1. The molecule has 1 amide bonds. The molecule has 2 aromatic rings. The van der Waals surface area contributed by atoms with Crippen molar-refractivity contribution in [1.29, 1.82) is 0 Å². The second-order valence-corrected chi connectivity index (χ2v) is 8.11. The molecule has 6 nitrogen and oxygen atoms in total. The first-order chi connectivity index (χ1) is 12.1. The molecule has 0 bridgehead atoms. The number of likely N-dealkylation sites (tertiary alicyclic amines) is 1. The molecule has 7 heteroatoms. The van der Waals surface area contributed by atoms with Crippen LogP contribution in [0.3, 0.4) is 0 Å². The Hall–Kier alpha value is -1.73. The van der Waals surface area contributed by atoms with Crippen LogP contribution in [-0.2, 0) is 29.7 Å². The number of nitrogens with one attached hydrogen (secondary N) is 1. The fourth-order valence-corrected chi connectivity index (χ4v) is 5.02. The maximum atomic E-state index is 11.8. The van der Waals surface area contributed by atoms with Crippen LogP contribution in [0.4, 0.5) is 0 Å². The molecule has 0 aromatic carbocycles. The molecule has 4 rings (SSSR count). The van der Waals surface area contributed by atoms with Crippen molar-refractivity contribution >= 4 is 17.2 Å². The third kappa shape index (κ3) is 3.22. The third-order valence-electron chi connectivity index (χ3n) is 5.20. The summed E-state index contributed by atoms with van der Waals surface area (Å²) in [4.78, 5) is 18.8. The minimum absolute atomic E-state index is 0.00600. The average Bonchev–Trinajstić information content (AvgIpc) is 3.28. The minimum Gasteiger partial charge on any atom is -0.361 e. The van der Waals surface area contributed by atoms with Crippen LogP contribution in [0, 0.1) is 6.92 Å². The topological polar surface area (TPSA) is 71.3 Å². The van der Waals surface area contributed by atoms with E-state index in [1.54, 1.807) is 18.3 Å². The maximum Gasteiger partial charge on any atom is 0.217 e. The quantitative estimate of drug-likeness (QED) is 0.907. The van der Waals surface area contributed by atoms with Gasteiger partial charge in [0, 0.05) is 49.6 Å². The first kappa shape index (κ1) is 16.7. The summed E-state index contributed by atoms with van der Waals surface area (Å²) in [6, 6.07) is 0. The van der Waals surface area contributed by atoms with Crippen molar-refractivity contribution in [2.45, 2.75) is 58.0 Å². The summed E-state index contributed by atoms with van der Waals surface area (Å²) in [5.41, 5.74) is 3.01. The molecule has 0 saturated carbocycles. The number of rotatable bonds is 4. The van der Waals surface area contributed by atoms with Crippen molar-refractivity contribution in [2.24, 2.45) is 0 Å². The first-order valence-corrected chi connectivity index (χ1v) is 9.84. The lowest BCUT2D eigenvalue weighted by Gasteiger charge is -2.28. The Morgan fingerprint density at radius 3 is 3.04 bits per heavy atom. The summed E-state index contributed by atoms with van der Waals surface area (Å²) in [6.45, 7) is 6.04. The number of nitrogens with zero attached hydrogens (tertiary/aromatic N) is 3. The summed E-state index contributed by atoms with van der Waals surface area (Å²) in [5, 5.41) is 10.6. The zero-order valence-electron chi connectivity index (χ0n) is 14.8. The molecule has 2 aromatic heterocycles. The van der Waals surface area contributed by atoms with Gasteiger partial charge in [0.15, 0.2) is 0 Å². The standard InChI is InChI=1S/C18H24N4O2S/c1-12-10-25-17(19-12)18(20-13(2)23)7-8-22(11-18)9-15-14-5-3-4-6-16(14)24-21-15/h10H,3-9,11H2,1-2H3,(H,20,23). The smallest absolute Gasteiger partial charge is 0.217 e. The molecule has 1 N–H and O–H groups in total. The van der Waals surface area contributed by atoms with Crippen LogP contribution in [0.1, 0.15) is 53.9 Å². The van der Waals surface area contributed by atoms with Crippen molar-refractivity contribution in [3.8, 4) is 0 Å².